The highest BCUT2D eigenvalue weighted by Crippen LogP contribution is 2.24. The molecule has 1 amide bonds. The molecule has 0 spiro atoms. The van der Waals surface area contributed by atoms with Gasteiger partial charge in [0.1, 0.15) is 12.2 Å². The van der Waals surface area contributed by atoms with Crippen molar-refractivity contribution >= 4 is 33.2 Å². The van der Waals surface area contributed by atoms with Gasteiger partial charge >= 0.3 is 0 Å². The standard InChI is InChI=1S/C18H14BrN5O2S/c19-13-4-1-3-12(7-13)8-20-16(25)10-24-9-14(21-11-24)17-22-18(26-23-17)15-5-2-6-27-15/h1-7,9,11H,8,10H2,(H,20,25). The average Bonchev–Trinajstić information content (AvgIpc) is 3.40. The van der Waals surface area contributed by atoms with Crippen LogP contribution in [0.2, 0.25) is 0 Å². The van der Waals surface area contributed by atoms with Crippen molar-refractivity contribution in [3.05, 3.63) is 64.3 Å². The van der Waals surface area contributed by atoms with Crippen LogP contribution in [0, 0.1) is 0 Å². The Labute approximate surface area is 167 Å². The van der Waals surface area contributed by atoms with Crippen molar-refractivity contribution in [1.82, 2.24) is 25.0 Å². The molecule has 0 bridgehead atoms. The molecule has 0 saturated heterocycles. The summed E-state index contributed by atoms with van der Waals surface area (Å²) in [7, 11) is 0. The number of carbonyl (C=O) groups is 1. The number of thiophene rings is 1. The quantitative estimate of drug-likeness (QED) is 0.490. The second kappa shape index (κ2) is 7.85. The van der Waals surface area contributed by atoms with E-state index in [1.165, 1.54) is 11.3 Å². The molecule has 0 radical (unpaired) electrons. The van der Waals surface area contributed by atoms with E-state index in [2.05, 4.69) is 36.4 Å². The van der Waals surface area contributed by atoms with Crippen LogP contribution in [-0.4, -0.2) is 25.6 Å². The Morgan fingerprint density at radius 3 is 3.04 bits per heavy atom. The zero-order valence-corrected chi connectivity index (χ0v) is 16.4. The monoisotopic (exact) mass is 443 g/mol. The lowest BCUT2D eigenvalue weighted by Crippen LogP contribution is -2.26. The molecule has 27 heavy (non-hydrogen) atoms. The minimum atomic E-state index is -0.105. The number of imidazole rings is 1. The minimum Gasteiger partial charge on any atom is -0.350 e. The van der Waals surface area contributed by atoms with Crippen molar-refractivity contribution in [2.24, 2.45) is 0 Å². The summed E-state index contributed by atoms with van der Waals surface area (Å²) in [6.45, 7) is 0.630. The van der Waals surface area contributed by atoms with Gasteiger partial charge in [0.15, 0.2) is 0 Å². The van der Waals surface area contributed by atoms with Crippen molar-refractivity contribution in [3.63, 3.8) is 0 Å². The largest absolute Gasteiger partial charge is 0.350 e. The molecule has 0 saturated carbocycles. The first-order valence-electron chi connectivity index (χ1n) is 8.08. The van der Waals surface area contributed by atoms with Gasteiger partial charge in [-0.25, -0.2) is 4.98 Å². The highest BCUT2D eigenvalue weighted by Gasteiger charge is 2.14. The molecule has 0 aliphatic heterocycles. The SMILES string of the molecule is O=C(Cn1cnc(-c2noc(-c3cccs3)n2)c1)NCc1cccc(Br)c1. The second-order valence-corrected chi connectivity index (χ2v) is 7.60. The highest BCUT2D eigenvalue weighted by molar-refractivity contribution is 9.10. The van der Waals surface area contributed by atoms with Crippen LogP contribution in [0.15, 0.2) is 63.3 Å². The molecule has 0 unspecified atom stereocenters. The zero-order chi connectivity index (χ0) is 18.6. The van der Waals surface area contributed by atoms with Crippen LogP contribution in [0.4, 0.5) is 0 Å². The normalized spacial score (nSPS) is 10.9. The maximum atomic E-state index is 12.2. The van der Waals surface area contributed by atoms with E-state index >= 15 is 0 Å². The van der Waals surface area contributed by atoms with E-state index in [-0.39, 0.29) is 12.5 Å². The van der Waals surface area contributed by atoms with Gasteiger partial charge in [-0.3, -0.25) is 4.79 Å². The van der Waals surface area contributed by atoms with Gasteiger partial charge in [-0.2, -0.15) is 4.98 Å². The first-order chi connectivity index (χ1) is 13.2. The van der Waals surface area contributed by atoms with Gasteiger partial charge in [0.25, 0.3) is 5.89 Å². The Hall–Kier alpha value is -2.78. The summed E-state index contributed by atoms with van der Waals surface area (Å²) in [5.74, 6) is 0.749. The maximum absolute atomic E-state index is 12.2. The number of benzene rings is 1. The van der Waals surface area contributed by atoms with E-state index in [0.29, 0.717) is 24.0 Å². The first kappa shape index (κ1) is 17.6. The number of hydrogen-bond acceptors (Lipinski definition) is 6. The number of aromatic nitrogens is 4. The summed E-state index contributed by atoms with van der Waals surface area (Å²) < 4.78 is 7.94. The Bertz CT molecular complexity index is 1060. The van der Waals surface area contributed by atoms with Gasteiger partial charge in [0, 0.05) is 17.2 Å². The van der Waals surface area contributed by atoms with E-state index in [0.717, 1.165) is 14.9 Å². The Morgan fingerprint density at radius 2 is 2.22 bits per heavy atom. The lowest BCUT2D eigenvalue weighted by molar-refractivity contribution is -0.121. The summed E-state index contributed by atoms with van der Waals surface area (Å²) in [6, 6.07) is 11.6. The van der Waals surface area contributed by atoms with E-state index < -0.39 is 0 Å². The third-order valence-electron chi connectivity index (χ3n) is 3.73. The van der Waals surface area contributed by atoms with Crippen molar-refractivity contribution in [2.75, 3.05) is 0 Å². The molecule has 1 N–H and O–H groups in total. The fraction of sp³-hybridized carbons (Fsp3) is 0.111. The number of nitrogens with one attached hydrogen (secondary N) is 1. The van der Waals surface area contributed by atoms with Crippen LogP contribution in [-0.2, 0) is 17.9 Å². The molecule has 9 heteroatoms. The van der Waals surface area contributed by atoms with E-state index in [9.17, 15) is 4.79 Å². The van der Waals surface area contributed by atoms with Gasteiger partial charge in [-0.15, -0.1) is 11.3 Å². The molecule has 7 nitrogen and oxygen atoms in total. The molecular formula is C18H14BrN5O2S. The number of nitrogens with zero attached hydrogens (tertiary/aromatic N) is 4. The van der Waals surface area contributed by atoms with Crippen LogP contribution in [0.3, 0.4) is 0 Å². The number of hydrogen-bond donors (Lipinski definition) is 1. The van der Waals surface area contributed by atoms with Crippen LogP contribution in [0.1, 0.15) is 5.56 Å². The third-order valence-corrected chi connectivity index (χ3v) is 5.08. The molecule has 4 rings (SSSR count). The molecule has 136 valence electrons. The summed E-state index contributed by atoms with van der Waals surface area (Å²) in [6.07, 6.45) is 3.30. The minimum absolute atomic E-state index is 0.105. The van der Waals surface area contributed by atoms with Gasteiger partial charge in [-0.1, -0.05) is 39.3 Å². The molecule has 0 aliphatic rings. The smallest absolute Gasteiger partial charge is 0.268 e. The van der Waals surface area contributed by atoms with E-state index in [1.807, 2.05) is 41.8 Å². The van der Waals surface area contributed by atoms with Crippen LogP contribution in [0.25, 0.3) is 22.3 Å². The lowest BCUT2D eigenvalue weighted by Gasteiger charge is -2.06. The number of halogens is 1. The van der Waals surface area contributed by atoms with Gasteiger partial charge in [-0.05, 0) is 29.1 Å². The highest BCUT2D eigenvalue weighted by atomic mass is 79.9. The lowest BCUT2D eigenvalue weighted by atomic mass is 10.2. The summed E-state index contributed by atoms with van der Waals surface area (Å²) in [5, 5.41) is 8.79. The molecule has 0 atom stereocenters. The van der Waals surface area contributed by atoms with Crippen molar-refractivity contribution in [3.8, 4) is 22.3 Å². The van der Waals surface area contributed by atoms with Gasteiger partial charge in [0.05, 0.1) is 11.2 Å². The fourth-order valence-electron chi connectivity index (χ4n) is 2.46. The van der Waals surface area contributed by atoms with Gasteiger partial charge < -0.3 is 14.4 Å². The molecular weight excluding hydrogens is 430 g/mol. The Balaban J connectivity index is 1.37. The molecule has 1 aromatic carbocycles. The predicted octanol–water partition coefficient (Wildman–Crippen LogP) is 3.74. The third kappa shape index (κ3) is 4.32. The van der Waals surface area contributed by atoms with Gasteiger partial charge in [0.2, 0.25) is 11.7 Å². The van der Waals surface area contributed by atoms with Crippen molar-refractivity contribution in [1.29, 1.82) is 0 Å². The molecule has 4 aromatic rings. The number of carbonyl (C=O) groups excluding carboxylic acids is 1. The van der Waals surface area contributed by atoms with Crippen molar-refractivity contribution in [2.45, 2.75) is 13.1 Å². The number of amides is 1. The predicted molar refractivity (Wildman–Crippen MR) is 105 cm³/mol. The second-order valence-electron chi connectivity index (χ2n) is 5.74. The van der Waals surface area contributed by atoms with E-state index in [1.54, 1.807) is 17.1 Å². The summed E-state index contributed by atoms with van der Waals surface area (Å²) in [4.78, 5) is 21.7. The van der Waals surface area contributed by atoms with Crippen LogP contribution < -0.4 is 5.32 Å². The summed E-state index contributed by atoms with van der Waals surface area (Å²) in [5.41, 5.74) is 1.58. The van der Waals surface area contributed by atoms with E-state index in [4.69, 9.17) is 4.52 Å². The molecule has 0 fully saturated rings. The Morgan fingerprint density at radius 1 is 1.30 bits per heavy atom. The average molecular weight is 444 g/mol. The molecule has 3 heterocycles. The molecule has 3 aromatic heterocycles. The summed E-state index contributed by atoms with van der Waals surface area (Å²) >= 11 is 4.94. The van der Waals surface area contributed by atoms with Crippen molar-refractivity contribution < 1.29 is 9.32 Å². The number of rotatable bonds is 6. The first-order valence-corrected chi connectivity index (χ1v) is 9.75. The zero-order valence-electron chi connectivity index (χ0n) is 14.0. The Kier molecular flexibility index (Phi) is 5.12. The maximum Gasteiger partial charge on any atom is 0.268 e. The van der Waals surface area contributed by atoms with Crippen LogP contribution in [0.5, 0.6) is 0 Å². The fourth-order valence-corrected chi connectivity index (χ4v) is 3.55. The molecule has 0 aliphatic carbocycles. The topological polar surface area (TPSA) is 85.8 Å². The van der Waals surface area contributed by atoms with Crippen LogP contribution >= 0.6 is 27.3 Å².